The second-order valence-corrected chi connectivity index (χ2v) is 10.6. The first-order chi connectivity index (χ1) is 14.9. The highest BCUT2D eigenvalue weighted by atomic mass is 32.2. The highest BCUT2D eigenvalue weighted by molar-refractivity contribution is 7.99. The Labute approximate surface area is 185 Å². The molecular formula is C21H23N5O3S2. The van der Waals surface area contributed by atoms with E-state index in [0.717, 1.165) is 11.1 Å². The Morgan fingerprint density at radius 2 is 2.00 bits per heavy atom. The van der Waals surface area contributed by atoms with Crippen molar-refractivity contribution in [2.75, 3.05) is 17.3 Å². The minimum absolute atomic E-state index is 0.0192. The predicted molar refractivity (Wildman–Crippen MR) is 119 cm³/mol. The Balaban J connectivity index is 1.48. The van der Waals surface area contributed by atoms with Crippen LogP contribution in [0.5, 0.6) is 0 Å². The minimum atomic E-state index is -3.10. The van der Waals surface area contributed by atoms with Crippen molar-refractivity contribution in [3.63, 3.8) is 0 Å². The summed E-state index contributed by atoms with van der Waals surface area (Å²) in [6.45, 7) is 0.389. The number of aromatic nitrogens is 4. The van der Waals surface area contributed by atoms with E-state index in [1.54, 1.807) is 17.3 Å². The number of nitrogens with zero attached hydrogens (tertiary/aromatic N) is 5. The molecule has 0 aliphatic carbocycles. The van der Waals surface area contributed by atoms with Gasteiger partial charge in [0.15, 0.2) is 20.8 Å². The number of carbonyl (C=O) groups excluding carboxylic acids is 1. The van der Waals surface area contributed by atoms with Crippen molar-refractivity contribution in [1.82, 2.24) is 24.6 Å². The van der Waals surface area contributed by atoms with Crippen LogP contribution in [0.2, 0.25) is 0 Å². The third-order valence-electron chi connectivity index (χ3n) is 5.24. The molecule has 3 aromatic rings. The van der Waals surface area contributed by atoms with Crippen LogP contribution in [-0.4, -0.2) is 62.3 Å². The standard InChI is InChI=1S/C21H23N5O3S2/c1-25-20(17-8-5-10-22-12-17)23-24-21(25)30-14-19(27)26(13-16-6-3-2-4-7-16)18-9-11-31(28,29)15-18/h2-8,10,12,18H,9,11,13-15H2,1H3/t18-/m1/s1. The normalized spacial score (nSPS) is 17.5. The molecule has 0 N–H and O–H groups in total. The summed E-state index contributed by atoms with van der Waals surface area (Å²) >= 11 is 1.30. The van der Waals surface area contributed by atoms with Crippen LogP contribution in [0.15, 0.2) is 60.0 Å². The molecule has 1 aliphatic heterocycles. The van der Waals surface area contributed by atoms with Crippen molar-refractivity contribution >= 4 is 27.5 Å². The minimum Gasteiger partial charge on any atom is -0.334 e. The fourth-order valence-electron chi connectivity index (χ4n) is 3.62. The molecule has 4 rings (SSSR count). The van der Waals surface area contributed by atoms with Crippen LogP contribution in [0.3, 0.4) is 0 Å². The van der Waals surface area contributed by atoms with Crippen LogP contribution in [0.25, 0.3) is 11.4 Å². The van der Waals surface area contributed by atoms with Crippen molar-refractivity contribution in [1.29, 1.82) is 0 Å². The van der Waals surface area contributed by atoms with Crippen molar-refractivity contribution in [2.24, 2.45) is 7.05 Å². The zero-order chi connectivity index (χ0) is 21.8. The van der Waals surface area contributed by atoms with Gasteiger partial charge in [-0.2, -0.15) is 0 Å². The van der Waals surface area contributed by atoms with E-state index >= 15 is 0 Å². The van der Waals surface area contributed by atoms with Crippen molar-refractivity contribution in [3.8, 4) is 11.4 Å². The molecule has 3 heterocycles. The van der Waals surface area contributed by atoms with E-state index in [4.69, 9.17) is 0 Å². The number of hydrogen-bond acceptors (Lipinski definition) is 7. The Hall–Kier alpha value is -2.72. The molecule has 0 unspecified atom stereocenters. The first kappa shape index (κ1) is 21.5. The van der Waals surface area contributed by atoms with Crippen LogP contribution in [-0.2, 0) is 28.2 Å². The maximum atomic E-state index is 13.1. The van der Waals surface area contributed by atoms with Crippen LogP contribution >= 0.6 is 11.8 Å². The average molecular weight is 458 g/mol. The number of hydrogen-bond donors (Lipinski definition) is 0. The van der Waals surface area contributed by atoms with Gasteiger partial charge in [0.25, 0.3) is 0 Å². The molecule has 1 fully saturated rings. The monoisotopic (exact) mass is 457 g/mol. The summed E-state index contributed by atoms with van der Waals surface area (Å²) in [5.74, 6) is 0.863. The first-order valence-corrected chi connectivity index (χ1v) is 12.7. The van der Waals surface area contributed by atoms with Gasteiger partial charge in [-0.3, -0.25) is 9.78 Å². The Morgan fingerprint density at radius 3 is 2.68 bits per heavy atom. The molecule has 1 saturated heterocycles. The Bertz CT molecular complexity index is 1150. The van der Waals surface area contributed by atoms with Crippen molar-refractivity contribution in [3.05, 3.63) is 60.4 Å². The lowest BCUT2D eigenvalue weighted by Crippen LogP contribution is -2.41. The van der Waals surface area contributed by atoms with E-state index in [1.165, 1.54) is 11.8 Å². The summed E-state index contributed by atoms with van der Waals surface area (Å²) in [5.41, 5.74) is 1.82. The maximum absolute atomic E-state index is 13.1. The molecule has 31 heavy (non-hydrogen) atoms. The van der Waals surface area contributed by atoms with E-state index in [9.17, 15) is 13.2 Å². The largest absolute Gasteiger partial charge is 0.334 e. The zero-order valence-corrected chi connectivity index (χ0v) is 18.7. The van der Waals surface area contributed by atoms with Gasteiger partial charge < -0.3 is 9.47 Å². The summed E-state index contributed by atoms with van der Waals surface area (Å²) in [6.07, 6.45) is 3.88. The molecular weight excluding hydrogens is 434 g/mol. The highest BCUT2D eigenvalue weighted by Crippen LogP contribution is 2.25. The number of carbonyl (C=O) groups is 1. The molecule has 1 aromatic carbocycles. The molecule has 0 spiro atoms. The molecule has 0 radical (unpaired) electrons. The van der Waals surface area contributed by atoms with Crippen LogP contribution in [0, 0.1) is 0 Å². The van der Waals surface area contributed by atoms with Gasteiger partial charge in [-0.15, -0.1) is 10.2 Å². The van der Waals surface area contributed by atoms with Crippen LogP contribution in [0.1, 0.15) is 12.0 Å². The van der Waals surface area contributed by atoms with Gasteiger partial charge in [-0.25, -0.2) is 8.42 Å². The lowest BCUT2D eigenvalue weighted by Gasteiger charge is -2.28. The fourth-order valence-corrected chi connectivity index (χ4v) is 6.15. The Kier molecular flexibility index (Phi) is 6.38. The summed E-state index contributed by atoms with van der Waals surface area (Å²) in [5, 5.41) is 9.05. The van der Waals surface area contributed by atoms with Crippen molar-refractivity contribution in [2.45, 2.75) is 24.2 Å². The fraction of sp³-hybridized carbons (Fsp3) is 0.333. The molecule has 162 valence electrons. The van der Waals surface area contributed by atoms with E-state index in [0.29, 0.717) is 23.9 Å². The number of sulfone groups is 1. The predicted octanol–water partition coefficient (Wildman–Crippen LogP) is 2.19. The number of rotatable bonds is 7. The Morgan fingerprint density at radius 1 is 1.19 bits per heavy atom. The van der Waals surface area contributed by atoms with Gasteiger partial charge in [0, 0.05) is 37.6 Å². The van der Waals surface area contributed by atoms with Gasteiger partial charge in [-0.1, -0.05) is 42.1 Å². The van der Waals surface area contributed by atoms with E-state index in [-0.39, 0.29) is 29.2 Å². The quantitative estimate of drug-likeness (QED) is 0.502. The number of thioether (sulfide) groups is 1. The summed E-state index contributed by atoms with van der Waals surface area (Å²) in [6, 6.07) is 13.1. The topological polar surface area (TPSA) is 98.1 Å². The molecule has 0 saturated carbocycles. The smallest absolute Gasteiger partial charge is 0.233 e. The van der Waals surface area contributed by atoms with Gasteiger partial charge in [-0.05, 0) is 24.1 Å². The number of pyridine rings is 1. The van der Waals surface area contributed by atoms with E-state index in [2.05, 4.69) is 15.2 Å². The zero-order valence-electron chi connectivity index (χ0n) is 17.1. The van der Waals surface area contributed by atoms with Gasteiger partial charge >= 0.3 is 0 Å². The summed E-state index contributed by atoms with van der Waals surface area (Å²) < 4.78 is 25.9. The van der Waals surface area contributed by atoms with Gasteiger partial charge in [0.2, 0.25) is 5.91 Å². The average Bonchev–Trinajstić information content (AvgIpc) is 3.33. The number of amides is 1. The summed E-state index contributed by atoms with van der Waals surface area (Å²) in [7, 11) is -1.25. The molecule has 10 heteroatoms. The lowest BCUT2D eigenvalue weighted by atomic mass is 10.1. The number of benzene rings is 1. The highest BCUT2D eigenvalue weighted by Gasteiger charge is 2.34. The molecule has 2 aromatic heterocycles. The maximum Gasteiger partial charge on any atom is 0.233 e. The second kappa shape index (κ2) is 9.19. The SMILES string of the molecule is Cn1c(SCC(=O)N(Cc2ccccc2)[C@@H]2CCS(=O)(=O)C2)nnc1-c1cccnc1. The second-order valence-electron chi connectivity index (χ2n) is 7.46. The molecule has 1 amide bonds. The van der Waals surface area contributed by atoms with Crippen LogP contribution in [0.4, 0.5) is 0 Å². The summed E-state index contributed by atoms with van der Waals surface area (Å²) in [4.78, 5) is 19.0. The lowest BCUT2D eigenvalue weighted by molar-refractivity contribution is -0.130. The molecule has 8 nitrogen and oxygen atoms in total. The third kappa shape index (κ3) is 5.13. The van der Waals surface area contributed by atoms with E-state index in [1.807, 2.05) is 54.1 Å². The van der Waals surface area contributed by atoms with Crippen molar-refractivity contribution < 1.29 is 13.2 Å². The molecule has 1 atom stereocenters. The third-order valence-corrected chi connectivity index (χ3v) is 8.00. The first-order valence-electron chi connectivity index (χ1n) is 9.89. The molecule has 0 bridgehead atoms. The van der Waals surface area contributed by atoms with Gasteiger partial charge in [0.05, 0.1) is 17.3 Å². The van der Waals surface area contributed by atoms with Gasteiger partial charge in [0.1, 0.15) is 0 Å². The molecule has 1 aliphatic rings. The van der Waals surface area contributed by atoms with Crippen LogP contribution < -0.4 is 0 Å². The van der Waals surface area contributed by atoms with E-state index < -0.39 is 9.84 Å².